The Hall–Kier alpha value is -3.02. The SMILES string of the molecule is COCCOCOc1ccc(I)cc1CC(CNC(=O)c1ccc(-c2cccnc2)cc1)C(=O)OC(C)(C)C. The van der Waals surface area contributed by atoms with Crippen molar-refractivity contribution in [3.8, 4) is 16.9 Å². The van der Waals surface area contributed by atoms with E-state index in [1.54, 1.807) is 31.6 Å². The van der Waals surface area contributed by atoms with Crippen LogP contribution in [0.2, 0.25) is 0 Å². The van der Waals surface area contributed by atoms with Gasteiger partial charge < -0.3 is 24.3 Å². The van der Waals surface area contributed by atoms with E-state index in [-0.39, 0.29) is 19.2 Å². The number of halogens is 1. The molecule has 0 saturated heterocycles. The molecule has 1 heterocycles. The fraction of sp³-hybridized carbons (Fsp3) is 0.367. The Morgan fingerprint density at radius 2 is 1.79 bits per heavy atom. The lowest BCUT2D eigenvalue weighted by atomic mass is 9.97. The molecule has 3 aromatic rings. The third-order valence-corrected chi connectivity index (χ3v) is 6.28. The quantitative estimate of drug-likeness (QED) is 0.117. The molecule has 0 bridgehead atoms. The zero-order chi connectivity index (χ0) is 28.3. The minimum Gasteiger partial charge on any atom is -0.467 e. The van der Waals surface area contributed by atoms with E-state index in [9.17, 15) is 9.59 Å². The summed E-state index contributed by atoms with van der Waals surface area (Å²) in [4.78, 5) is 30.3. The Morgan fingerprint density at radius 1 is 1.03 bits per heavy atom. The molecule has 2 aromatic carbocycles. The van der Waals surface area contributed by atoms with Crippen LogP contribution in [-0.2, 0) is 25.4 Å². The van der Waals surface area contributed by atoms with Gasteiger partial charge in [-0.25, -0.2) is 0 Å². The molecule has 1 N–H and O–H groups in total. The van der Waals surface area contributed by atoms with Gasteiger partial charge in [-0.2, -0.15) is 0 Å². The second kappa shape index (κ2) is 14.9. The lowest BCUT2D eigenvalue weighted by Crippen LogP contribution is -2.38. The number of esters is 1. The van der Waals surface area contributed by atoms with Crippen LogP contribution in [0.1, 0.15) is 36.7 Å². The van der Waals surface area contributed by atoms with Crippen molar-refractivity contribution < 1.29 is 28.5 Å². The summed E-state index contributed by atoms with van der Waals surface area (Å²) < 4.78 is 23.0. The molecule has 0 fully saturated rings. The predicted octanol–water partition coefficient (Wildman–Crippen LogP) is 5.28. The second-order valence-corrected chi connectivity index (χ2v) is 11.1. The maximum atomic E-state index is 13.2. The van der Waals surface area contributed by atoms with Crippen molar-refractivity contribution in [3.05, 3.63) is 81.7 Å². The summed E-state index contributed by atoms with van der Waals surface area (Å²) in [5.41, 5.74) is 2.58. The molecule has 1 aromatic heterocycles. The third kappa shape index (κ3) is 10.2. The van der Waals surface area contributed by atoms with Gasteiger partial charge in [-0.1, -0.05) is 18.2 Å². The molecule has 0 aliphatic carbocycles. The van der Waals surface area contributed by atoms with Gasteiger partial charge in [0.15, 0.2) is 6.79 Å². The molecule has 0 aliphatic heterocycles. The van der Waals surface area contributed by atoms with Crippen LogP contribution < -0.4 is 10.1 Å². The van der Waals surface area contributed by atoms with E-state index in [2.05, 4.69) is 32.9 Å². The van der Waals surface area contributed by atoms with Gasteiger partial charge in [0.25, 0.3) is 5.91 Å². The number of carbonyl (C=O) groups is 2. The van der Waals surface area contributed by atoms with Gasteiger partial charge >= 0.3 is 5.97 Å². The van der Waals surface area contributed by atoms with Gasteiger partial charge in [-0.05, 0) is 103 Å². The van der Waals surface area contributed by atoms with E-state index in [4.69, 9.17) is 18.9 Å². The van der Waals surface area contributed by atoms with Crippen molar-refractivity contribution >= 4 is 34.5 Å². The van der Waals surface area contributed by atoms with Crippen LogP contribution in [-0.4, -0.2) is 56.1 Å². The number of methoxy groups -OCH3 is 1. The van der Waals surface area contributed by atoms with Crippen molar-refractivity contribution in [1.29, 1.82) is 0 Å². The first-order valence-electron chi connectivity index (χ1n) is 12.7. The molecule has 39 heavy (non-hydrogen) atoms. The van der Waals surface area contributed by atoms with Gasteiger partial charge in [-0.3, -0.25) is 14.6 Å². The third-order valence-electron chi connectivity index (χ3n) is 5.61. The minimum atomic E-state index is -0.666. The van der Waals surface area contributed by atoms with Crippen LogP contribution >= 0.6 is 22.6 Å². The van der Waals surface area contributed by atoms with Crippen molar-refractivity contribution in [3.63, 3.8) is 0 Å². The Kier molecular flexibility index (Phi) is 11.7. The molecule has 0 saturated carbocycles. The summed E-state index contributed by atoms with van der Waals surface area (Å²) in [6.45, 7) is 6.50. The standard InChI is InChI=1S/C30H35IN2O6/c1-30(2,3)39-29(35)25(16-24-17-26(31)11-12-27(24)38-20-37-15-14-36-4)19-33-28(34)22-9-7-21(8-10-22)23-6-5-13-32-18-23/h5-13,17-18,25H,14-16,19-20H2,1-4H3,(H,33,34). The smallest absolute Gasteiger partial charge is 0.311 e. The number of pyridine rings is 1. The molecular formula is C30H35IN2O6. The number of carbonyl (C=O) groups excluding carboxylic acids is 2. The maximum Gasteiger partial charge on any atom is 0.311 e. The fourth-order valence-corrected chi connectivity index (χ4v) is 4.27. The first kappa shape index (κ1) is 30.5. The van der Waals surface area contributed by atoms with Gasteiger partial charge in [0.2, 0.25) is 0 Å². The normalized spacial score (nSPS) is 12.0. The van der Waals surface area contributed by atoms with E-state index in [0.717, 1.165) is 20.3 Å². The lowest BCUT2D eigenvalue weighted by molar-refractivity contribution is -0.159. The van der Waals surface area contributed by atoms with Gasteiger partial charge in [0.1, 0.15) is 11.4 Å². The summed E-state index contributed by atoms with van der Waals surface area (Å²) in [5.74, 6) is -0.681. The fourth-order valence-electron chi connectivity index (χ4n) is 3.71. The van der Waals surface area contributed by atoms with Crippen molar-refractivity contribution in [2.75, 3.05) is 33.7 Å². The van der Waals surface area contributed by atoms with E-state index >= 15 is 0 Å². The number of nitrogens with one attached hydrogen (secondary N) is 1. The summed E-state index contributed by atoms with van der Waals surface area (Å²) >= 11 is 2.22. The topological polar surface area (TPSA) is 96.0 Å². The number of ether oxygens (including phenoxy) is 4. The highest BCUT2D eigenvalue weighted by Gasteiger charge is 2.27. The van der Waals surface area contributed by atoms with Crippen LogP contribution in [0.15, 0.2) is 67.0 Å². The van der Waals surface area contributed by atoms with E-state index in [1.165, 1.54) is 0 Å². The van der Waals surface area contributed by atoms with Crippen molar-refractivity contribution in [2.24, 2.45) is 5.92 Å². The molecule has 0 spiro atoms. The first-order valence-corrected chi connectivity index (χ1v) is 13.7. The number of amides is 1. The highest BCUT2D eigenvalue weighted by molar-refractivity contribution is 14.1. The number of aromatic nitrogens is 1. The van der Waals surface area contributed by atoms with Crippen LogP contribution in [0.25, 0.3) is 11.1 Å². The molecule has 8 nitrogen and oxygen atoms in total. The van der Waals surface area contributed by atoms with E-state index < -0.39 is 17.5 Å². The van der Waals surface area contributed by atoms with E-state index in [1.807, 2.05) is 63.2 Å². The van der Waals surface area contributed by atoms with E-state index in [0.29, 0.717) is 30.9 Å². The second-order valence-electron chi connectivity index (χ2n) is 9.88. The average Bonchev–Trinajstić information content (AvgIpc) is 2.91. The zero-order valence-electron chi connectivity index (χ0n) is 22.7. The Balaban J connectivity index is 1.72. The largest absolute Gasteiger partial charge is 0.467 e. The average molecular weight is 647 g/mol. The molecular weight excluding hydrogens is 611 g/mol. The number of hydrogen-bond donors (Lipinski definition) is 1. The van der Waals surface area contributed by atoms with Gasteiger partial charge in [0, 0.05) is 35.2 Å². The van der Waals surface area contributed by atoms with Gasteiger partial charge in [0.05, 0.1) is 19.1 Å². The van der Waals surface area contributed by atoms with Crippen molar-refractivity contribution in [1.82, 2.24) is 10.3 Å². The molecule has 0 aliphatic rings. The van der Waals surface area contributed by atoms with Crippen LogP contribution in [0.4, 0.5) is 0 Å². The number of benzene rings is 2. The van der Waals surface area contributed by atoms with Crippen molar-refractivity contribution in [2.45, 2.75) is 32.8 Å². The highest BCUT2D eigenvalue weighted by Crippen LogP contribution is 2.26. The van der Waals surface area contributed by atoms with Gasteiger partial charge in [-0.15, -0.1) is 0 Å². The lowest BCUT2D eigenvalue weighted by Gasteiger charge is -2.25. The summed E-state index contributed by atoms with van der Waals surface area (Å²) in [6, 6.07) is 16.8. The monoisotopic (exact) mass is 646 g/mol. The van der Waals surface area contributed by atoms with Crippen LogP contribution in [0, 0.1) is 9.49 Å². The molecule has 1 atom stereocenters. The zero-order valence-corrected chi connectivity index (χ0v) is 24.9. The maximum absolute atomic E-state index is 13.2. The Labute approximate surface area is 243 Å². The summed E-state index contributed by atoms with van der Waals surface area (Å²) in [7, 11) is 1.61. The molecule has 9 heteroatoms. The summed E-state index contributed by atoms with van der Waals surface area (Å²) in [5, 5.41) is 2.91. The van der Waals surface area contributed by atoms with Crippen LogP contribution in [0.5, 0.6) is 5.75 Å². The number of nitrogens with zero attached hydrogens (tertiary/aromatic N) is 1. The molecule has 3 rings (SSSR count). The Bertz CT molecular complexity index is 1210. The molecule has 1 unspecified atom stereocenters. The molecule has 208 valence electrons. The minimum absolute atomic E-state index is 0.0554. The van der Waals surface area contributed by atoms with Crippen LogP contribution in [0.3, 0.4) is 0 Å². The molecule has 0 radical (unpaired) electrons. The first-order chi connectivity index (χ1) is 18.7. The highest BCUT2D eigenvalue weighted by atomic mass is 127. The number of hydrogen-bond acceptors (Lipinski definition) is 7. The Morgan fingerprint density at radius 3 is 2.46 bits per heavy atom. The summed E-state index contributed by atoms with van der Waals surface area (Å²) in [6.07, 6.45) is 3.81. The molecule has 1 amide bonds. The number of rotatable bonds is 13. The predicted molar refractivity (Wildman–Crippen MR) is 158 cm³/mol.